The van der Waals surface area contributed by atoms with Gasteiger partial charge in [-0.1, -0.05) is 20.8 Å². The van der Waals surface area contributed by atoms with E-state index in [9.17, 15) is 9.59 Å². The second-order valence-corrected chi connectivity index (χ2v) is 4.96. The summed E-state index contributed by atoms with van der Waals surface area (Å²) in [6.07, 6.45) is 0.849. The third-order valence-corrected chi connectivity index (χ3v) is 2.43. The Morgan fingerprint density at radius 1 is 1.05 bits per heavy atom. The molecule has 0 rings (SSSR count). The van der Waals surface area contributed by atoms with Gasteiger partial charge in [0.1, 0.15) is 0 Å². The summed E-state index contributed by atoms with van der Waals surface area (Å²) in [6, 6.07) is 0.273. The fourth-order valence-corrected chi connectivity index (χ4v) is 1.53. The molecule has 0 unspecified atom stereocenters. The zero-order chi connectivity index (χ0) is 14.0. The molecular formula is C13H28ClN3O2. The van der Waals surface area contributed by atoms with Crippen LogP contribution in [0.5, 0.6) is 0 Å². The van der Waals surface area contributed by atoms with E-state index in [1.807, 2.05) is 27.7 Å². The van der Waals surface area contributed by atoms with Gasteiger partial charge in [-0.2, -0.15) is 0 Å². The number of halogens is 1. The van der Waals surface area contributed by atoms with E-state index in [1.165, 1.54) is 0 Å². The number of amides is 2. The Kier molecular flexibility index (Phi) is 13.2. The van der Waals surface area contributed by atoms with Crippen molar-refractivity contribution in [2.24, 2.45) is 5.92 Å². The molecule has 0 bridgehead atoms. The summed E-state index contributed by atoms with van der Waals surface area (Å²) in [5.41, 5.74) is 0. The van der Waals surface area contributed by atoms with Gasteiger partial charge in [0.15, 0.2) is 0 Å². The van der Waals surface area contributed by atoms with Crippen LogP contribution < -0.4 is 16.0 Å². The molecule has 6 heteroatoms. The predicted octanol–water partition coefficient (Wildman–Crippen LogP) is 1.07. The number of carbonyl (C=O) groups is 2. The van der Waals surface area contributed by atoms with Gasteiger partial charge in [-0.3, -0.25) is 9.59 Å². The number of hydrogen-bond acceptors (Lipinski definition) is 3. The van der Waals surface area contributed by atoms with Crippen LogP contribution in [0.25, 0.3) is 0 Å². The quantitative estimate of drug-likeness (QED) is 0.596. The lowest BCUT2D eigenvalue weighted by Crippen LogP contribution is -2.39. The maximum absolute atomic E-state index is 11.5. The van der Waals surface area contributed by atoms with Crippen molar-refractivity contribution in [1.29, 1.82) is 0 Å². The number of likely N-dealkylation sites (N-methyl/N-ethyl adjacent to an activating group) is 1. The van der Waals surface area contributed by atoms with E-state index in [-0.39, 0.29) is 30.3 Å². The smallest absolute Gasteiger partial charge is 0.221 e. The zero-order valence-electron chi connectivity index (χ0n) is 12.4. The first-order valence-electron chi connectivity index (χ1n) is 6.72. The standard InChI is InChI=1S/C13H27N3O2.ClH/c1-5-14-11(4)9-16-12(17)6-7-15-13(18)8-10(2)3;/h10-11,14H,5-9H2,1-4H3,(H,15,18)(H,16,17);1H/t11-;/m1./s1. The fourth-order valence-electron chi connectivity index (χ4n) is 1.53. The maximum Gasteiger partial charge on any atom is 0.221 e. The predicted molar refractivity (Wildman–Crippen MR) is 80.5 cm³/mol. The Morgan fingerprint density at radius 3 is 2.21 bits per heavy atom. The number of hydrogen-bond donors (Lipinski definition) is 3. The lowest BCUT2D eigenvalue weighted by Gasteiger charge is -2.13. The number of carbonyl (C=O) groups excluding carboxylic acids is 2. The van der Waals surface area contributed by atoms with E-state index in [4.69, 9.17) is 0 Å². The van der Waals surface area contributed by atoms with Crippen molar-refractivity contribution in [2.45, 2.75) is 46.6 Å². The van der Waals surface area contributed by atoms with Crippen molar-refractivity contribution in [1.82, 2.24) is 16.0 Å². The highest BCUT2D eigenvalue weighted by molar-refractivity contribution is 5.85. The summed E-state index contributed by atoms with van der Waals surface area (Å²) in [5, 5.41) is 8.78. The third-order valence-electron chi connectivity index (χ3n) is 2.43. The van der Waals surface area contributed by atoms with Gasteiger partial charge in [0.2, 0.25) is 11.8 Å². The van der Waals surface area contributed by atoms with Crippen LogP contribution in [0.1, 0.15) is 40.5 Å². The molecule has 19 heavy (non-hydrogen) atoms. The zero-order valence-corrected chi connectivity index (χ0v) is 13.2. The molecule has 0 aliphatic carbocycles. The maximum atomic E-state index is 11.5. The SMILES string of the molecule is CCN[C@H](C)CNC(=O)CCNC(=O)CC(C)C.Cl. The first kappa shape index (κ1) is 20.5. The minimum atomic E-state index is -0.0235. The van der Waals surface area contributed by atoms with Gasteiger partial charge in [0.05, 0.1) is 0 Å². The van der Waals surface area contributed by atoms with Crippen molar-refractivity contribution in [2.75, 3.05) is 19.6 Å². The van der Waals surface area contributed by atoms with Crippen LogP contribution in [-0.2, 0) is 9.59 Å². The van der Waals surface area contributed by atoms with Crippen molar-refractivity contribution in [3.8, 4) is 0 Å². The van der Waals surface area contributed by atoms with Gasteiger partial charge < -0.3 is 16.0 Å². The van der Waals surface area contributed by atoms with Gasteiger partial charge in [-0.15, -0.1) is 12.4 Å². The molecule has 3 N–H and O–H groups in total. The first-order valence-corrected chi connectivity index (χ1v) is 6.72. The summed E-state index contributed by atoms with van der Waals surface area (Å²) in [5.74, 6) is 0.336. The van der Waals surface area contributed by atoms with Crippen LogP contribution in [-0.4, -0.2) is 37.5 Å². The molecule has 114 valence electrons. The summed E-state index contributed by atoms with van der Waals surface area (Å²) in [6.45, 7) is 9.96. The van der Waals surface area contributed by atoms with Gasteiger partial charge >= 0.3 is 0 Å². The van der Waals surface area contributed by atoms with Crippen LogP contribution in [0.3, 0.4) is 0 Å². The molecule has 0 radical (unpaired) electrons. The van der Waals surface area contributed by atoms with E-state index >= 15 is 0 Å². The van der Waals surface area contributed by atoms with Crippen molar-refractivity contribution in [3.63, 3.8) is 0 Å². The molecule has 0 aliphatic rings. The second-order valence-electron chi connectivity index (χ2n) is 4.96. The summed E-state index contributed by atoms with van der Waals surface area (Å²) >= 11 is 0. The molecule has 0 saturated heterocycles. The van der Waals surface area contributed by atoms with Gasteiger partial charge in [-0.25, -0.2) is 0 Å². The molecule has 5 nitrogen and oxygen atoms in total. The topological polar surface area (TPSA) is 70.2 Å². The van der Waals surface area contributed by atoms with Crippen LogP contribution in [0.4, 0.5) is 0 Å². The Hall–Kier alpha value is -0.810. The third kappa shape index (κ3) is 13.4. The summed E-state index contributed by atoms with van der Waals surface area (Å²) < 4.78 is 0. The minimum Gasteiger partial charge on any atom is -0.356 e. The Labute approximate surface area is 122 Å². The highest BCUT2D eigenvalue weighted by Gasteiger charge is 2.07. The first-order chi connectivity index (χ1) is 8.45. The average molecular weight is 294 g/mol. The molecule has 0 heterocycles. The second kappa shape index (κ2) is 12.2. The number of nitrogens with one attached hydrogen (secondary N) is 3. The van der Waals surface area contributed by atoms with E-state index in [0.29, 0.717) is 31.8 Å². The molecule has 2 amide bonds. The molecule has 1 atom stereocenters. The van der Waals surface area contributed by atoms with Crippen LogP contribution in [0.15, 0.2) is 0 Å². The summed E-state index contributed by atoms with van der Waals surface area (Å²) in [7, 11) is 0. The number of rotatable bonds is 9. The Bertz CT molecular complexity index is 260. The van der Waals surface area contributed by atoms with Crippen LogP contribution in [0.2, 0.25) is 0 Å². The molecular weight excluding hydrogens is 266 g/mol. The highest BCUT2D eigenvalue weighted by Crippen LogP contribution is 1.97. The van der Waals surface area contributed by atoms with Crippen LogP contribution >= 0.6 is 12.4 Å². The van der Waals surface area contributed by atoms with Crippen molar-refractivity contribution < 1.29 is 9.59 Å². The molecule has 0 aliphatic heterocycles. The average Bonchev–Trinajstić information content (AvgIpc) is 2.25. The van der Waals surface area contributed by atoms with Gasteiger partial charge in [0.25, 0.3) is 0 Å². The van der Waals surface area contributed by atoms with Crippen molar-refractivity contribution in [3.05, 3.63) is 0 Å². The highest BCUT2D eigenvalue weighted by atomic mass is 35.5. The van der Waals surface area contributed by atoms with E-state index < -0.39 is 0 Å². The van der Waals surface area contributed by atoms with E-state index in [2.05, 4.69) is 16.0 Å². The lowest BCUT2D eigenvalue weighted by molar-refractivity contribution is -0.122. The minimum absolute atomic E-state index is 0. The Balaban J connectivity index is 0. The van der Waals surface area contributed by atoms with E-state index in [0.717, 1.165) is 6.54 Å². The monoisotopic (exact) mass is 293 g/mol. The van der Waals surface area contributed by atoms with Crippen LogP contribution in [0, 0.1) is 5.92 Å². The fraction of sp³-hybridized carbons (Fsp3) is 0.846. The molecule has 0 aromatic carbocycles. The lowest BCUT2D eigenvalue weighted by atomic mass is 10.1. The largest absolute Gasteiger partial charge is 0.356 e. The molecule has 0 aromatic rings. The normalized spacial score (nSPS) is 11.6. The van der Waals surface area contributed by atoms with E-state index in [1.54, 1.807) is 0 Å². The molecule has 0 spiro atoms. The van der Waals surface area contributed by atoms with Crippen molar-refractivity contribution >= 4 is 24.2 Å². The Morgan fingerprint density at radius 2 is 1.68 bits per heavy atom. The van der Waals surface area contributed by atoms with Gasteiger partial charge in [0, 0.05) is 32.0 Å². The molecule has 0 aromatic heterocycles. The molecule has 0 fully saturated rings. The summed E-state index contributed by atoms with van der Waals surface area (Å²) in [4.78, 5) is 22.8. The molecule has 0 saturated carbocycles. The van der Waals surface area contributed by atoms with Gasteiger partial charge in [-0.05, 0) is 19.4 Å².